The molecule has 3 amide bonds. The fraction of sp³-hybridized carbons (Fsp3) is 0.793. The number of urea groups is 1. The van der Waals surface area contributed by atoms with Crippen molar-refractivity contribution >= 4 is 11.9 Å². The molecule has 0 radical (unpaired) electrons. The fourth-order valence-electron chi connectivity index (χ4n) is 5.45. The van der Waals surface area contributed by atoms with Crippen LogP contribution in [0, 0.1) is 5.92 Å². The van der Waals surface area contributed by atoms with Crippen LogP contribution in [0.3, 0.4) is 0 Å². The molecule has 0 saturated carbocycles. The van der Waals surface area contributed by atoms with Crippen LogP contribution in [0.25, 0.3) is 0 Å². The second-order valence-electron chi connectivity index (χ2n) is 11.6. The first-order valence-corrected chi connectivity index (χ1v) is 14.6. The first-order valence-electron chi connectivity index (χ1n) is 14.6. The van der Waals surface area contributed by atoms with Crippen molar-refractivity contribution in [1.82, 2.24) is 15.1 Å². The molecule has 4 atom stereocenters. The highest BCUT2D eigenvalue weighted by molar-refractivity contribution is 5.87. The smallest absolute Gasteiger partial charge is 0.318 e. The highest BCUT2D eigenvalue weighted by Gasteiger charge is 2.43. The number of unbranched alkanes of at least 4 members (excludes halogenated alkanes) is 2. The second kappa shape index (κ2) is 14.5. The van der Waals surface area contributed by atoms with Crippen LogP contribution in [-0.2, 0) is 19.0 Å². The van der Waals surface area contributed by atoms with Crippen molar-refractivity contribution in [2.45, 2.75) is 110 Å². The molecule has 2 fully saturated rings. The van der Waals surface area contributed by atoms with Gasteiger partial charge in [-0.1, -0.05) is 46.6 Å². The molecule has 2 heterocycles. The molecule has 10 heteroatoms. The molecule has 0 aromatic heterocycles. The zero-order chi connectivity index (χ0) is 28.6. The van der Waals surface area contributed by atoms with E-state index in [9.17, 15) is 19.8 Å². The topological polar surface area (TPSA) is 121 Å². The minimum Gasteiger partial charge on any atom is -0.469 e. The summed E-state index contributed by atoms with van der Waals surface area (Å²) in [4.78, 5) is 30.3. The Bertz CT molecular complexity index is 882. The number of fused-ring (bicyclic) bond motifs is 1. The average Bonchev–Trinajstić information content (AvgIpc) is 3.49. The van der Waals surface area contributed by atoms with E-state index in [0.29, 0.717) is 39.0 Å². The standard InChI is InChI=1S/C29H49N3O7/c1-6-8-12-31(13-9-7-2)28(36)30-23(14-20(3)4)26(33)32-17-22(15-24(32)27(34)35)37-18-21-10-11-25-29(5,16-21)39-19-38-25/h10-11,20,22-24,27,34-35H,6-9,12-19H2,1-5H3,(H,30,36)/t22-,23?,24?,29?/m1/s1. The van der Waals surface area contributed by atoms with Crippen molar-refractivity contribution in [2.24, 2.45) is 5.92 Å². The molecule has 0 aromatic rings. The summed E-state index contributed by atoms with van der Waals surface area (Å²) >= 11 is 0. The van der Waals surface area contributed by atoms with Crippen LogP contribution in [0.5, 0.6) is 0 Å². The third-order valence-electron chi connectivity index (χ3n) is 7.74. The Morgan fingerprint density at radius 2 is 1.90 bits per heavy atom. The highest BCUT2D eigenvalue weighted by Crippen LogP contribution is 2.38. The maximum Gasteiger partial charge on any atom is 0.318 e. The Labute approximate surface area is 233 Å². The van der Waals surface area contributed by atoms with Crippen LogP contribution in [0.1, 0.15) is 79.6 Å². The molecule has 3 aliphatic rings. The Kier molecular flexibility index (Phi) is 11.7. The lowest BCUT2D eigenvalue weighted by molar-refractivity contribution is -0.145. The van der Waals surface area contributed by atoms with Gasteiger partial charge in [-0.05, 0) is 43.8 Å². The lowest BCUT2D eigenvalue weighted by Crippen LogP contribution is -2.55. The summed E-state index contributed by atoms with van der Waals surface area (Å²) in [6.07, 6.45) is 6.97. The summed E-state index contributed by atoms with van der Waals surface area (Å²) in [6, 6.07) is -1.80. The van der Waals surface area contributed by atoms with Gasteiger partial charge in [-0.2, -0.15) is 0 Å². The molecule has 3 unspecified atom stereocenters. The monoisotopic (exact) mass is 551 g/mol. The van der Waals surface area contributed by atoms with Crippen LogP contribution < -0.4 is 5.32 Å². The van der Waals surface area contributed by atoms with Crippen molar-refractivity contribution in [2.75, 3.05) is 33.0 Å². The average molecular weight is 552 g/mol. The number of aliphatic hydroxyl groups is 2. The van der Waals surface area contributed by atoms with Crippen LogP contribution >= 0.6 is 0 Å². The van der Waals surface area contributed by atoms with Crippen molar-refractivity contribution in [3.8, 4) is 0 Å². The predicted octanol–water partition coefficient (Wildman–Crippen LogP) is 3.29. The summed E-state index contributed by atoms with van der Waals surface area (Å²) in [5.41, 5.74) is 0.557. The van der Waals surface area contributed by atoms with Crippen LogP contribution in [0.15, 0.2) is 23.5 Å². The van der Waals surface area contributed by atoms with Crippen LogP contribution in [0.2, 0.25) is 0 Å². The first-order chi connectivity index (χ1) is 18.6. The van der Waals surface area contributed by atoms with Gasteiger partial charge in [0.15, 0.2) is 13.1 Å². The van der Waals surface area contributed by atoms with E-state index in [1.54, 1.807) is 4.90 Å². The van der Waals surface area contributed by atoms with E-state index in [-0.39, 0.29) is 37.3 Å². The molecular formula is C29H49N3O7. The third-order valence-corrected chi connectivity index (χ3v) is 7.74. The van der Waals surface area contributed by atoms with E-state index in [0.717, 1.165) is 37.0 Å². The van der Waals surface area contributed by atoms with Crippen molar-refractivity contribution in [1.29, 1.82) is 0 Å². The van der Waals surface area contributed by atoms with Crippen molar-refractivity contribution in [3.63, 3.8) is 0 Å². The van der Waals surface area contributed by atoms with Crippen molar-refractivity contribution < 1.29 is 34.0 Å². The lowest BCUT2D eigenvalue weighted by atomic mass is 9.90. The number of ether oxygens (including phenoxy) is 3. The van der Waals surface area contributed by atoms with Crippen molar-refractivity contribution in [3.05, 3.63) is 23.5 Å². The summed E-state index contributed by atoms with van der Waals surface area (Å²) in [6.45, 7) is 12.3. The Hall–Kier alpha value is -2.14. The molecule has 39 heavy (non-hydrogen) atoms. The summed E-state index contributed by atoms with van der Waals surface area (Å²) in [5, 5.41) is 23.2. The second-order valence-corrected chi connectivity index (χ2v) is 11.6. The minimum atomic E-state index is -1.70. The number of carbonyl (C=O) groups is 2. The Balaban J connectivity index is 1.65. The van der Waals surface area contributed by atoms with E-state index in [2.05, 4.69) is 19.2 Å². The summed E-state index contributed by atoms with van der Waals surface area (Å²) < 4.78 is 17.4. The van der Waals surface area contributed by atoms with Gasteiger partial charge >= 0.3 is 6.03 Å². The number of carbonyl (C=O) groups excluding carboxylic acids is 2. The number of rotatable bonds is 14. The number of likely N-dealkylation sites (tertiary alicyclic amines) is 1. The molecule has 0 aromatic carbocycles. The number of hydrogen-bond donors (Lipinski definition) is 3. The molecule has 3 rings (SSSR count). The van der Waals surface area contributed by atoms with Gasteiger partial charge in [0.2, 0.25) is 5.91 Å². The number of allylic oxidation sites excluding steroid dienone is 2. The van der Waals surface area contributed by atoms with Crippen LogP contribution in [0.4, 0.5) is 4.79 Å². The van der Waals surface area contributed by atoms with Gasteiger partial charge in [0.1, 0.15) is 17.4 Å². The van der Waals surface area contributed by atoms with E-state index in [1.165, 1.54) is 4.90 Å². The predicted molar refractivity (Wildman–Crippen MR) is 147 cm³/mol. The normalized spacial score (nSPS) is 25.3. The molecule has 0 spiro atoms. The maximum absolute atomic E-state index is 13.8. The molecule has 0 bridgehead atoms. The highest BCUT2D eigenvalue weighted by atomic mass is 16.7. The number of nitrogens with one attached hydrogen (secondary N) is 1. The minimum absolute atomic E-state index is 0.158. The lowest BCUT2D eigenvalue weighted by Gasteiger charge is -2.32. The van der Waals surface area contributed by atoms with E-state index in [4.69, 9.17) is 14.2 Å². The molecule has 2 saturated heterocycles. The summed E-state index contributed by atoms with van der Waals surface area (Å²) in [7, 11) is 0. The van der Waals surface area contributed by atoms with Gasteiger partial charge in [-0.3, -0.25) is 4.79 Å². The summed E-state index contributed by atoms with van der Waals surface area (Å²) in [5.74, 6) is 0.666. The van der Waals surface area contributed by atoms with Gasteiger partial charge in [0.05, 0.1) is 18.8 Å². The van der Waals surface area contributed by atoms with Crippen LogP contribution in [-0.4, -0.2) is 95.1 Å². The largest absolute Gasteiger partial charge is 0.469 e. The molecule has 1 aliphatic carbocycles. The molecule has 222 valence electrons. The van der Waals surface area contributed by atoms with Gasteiger partial charge in [-0.25, -0.2) is 4.79 Å². The van der Waals surface area contributed by atoms with Gasteiger partial charge in [0.25, 0.3) is 0 Å². The van der Waals surface area contributed by atoms with E-state index < -0.39 is 24.0 Å². The number of aliphatic hydroxyl groups excluding tert-OH is 1. The SMILES string of the molecule is CCCCN(CCCC)C(=O)NC(CC(C)C)C(=O)N1C[C@H](OCC2=CC=C3OCOC3(C)C2)CC1C(O)O. The Morgan fingerprint density at radius 3 is 2.51 bits per heavy atom. The zero-order valence-corrected chi connectivity index (χ0v) is 24.4. The third kappa shape index (κ3) is 8.42. The van der Waals surface area contributed by atoms with Gasteiger partial charge in [-0.15, -0.1) is 0 Å². The molecule has 10 nitrogen and oxygen atoms in total. The zero-order valence-electron chi connectivity index (χ0n) is 24.4. The first kappa shape index (κ1) is 31.4. The van der Waals surface area contributed by atoms with E-state index in [1.807, 2.05) is 32.9 Å². The molecular weight excluding hydrogens is 502 g/mol. The Morgan fingerprint density at radius 1 is 1.21 bits per heavy atom. The number of amides is 3. The quantitative estimate of drug-likeness (QED) is 0.283. The molecule has 2 aliphatic heterocycles. The maximum atomic E-state index is 13.8. The number of nitrogens with zero attached hydrogens (tertiary/aromatic N) is 2. The molecule has 3 N–H and O–H groups in total. The number of hydrogen-bond acceptors (Lipinski definition) is 7. The van der Waals surface area contributed by atoms with Gasteiger partial charge < -0.3 is 39.5 Å². The van der Waals surface area contributed by atoms with Gasteiger partial charge in [0, 0.05) is 32.5 Å². The fourth-order valence-corrected chi connectivity index (χ4v) is 5.45. The van der Waals surface area contributed by atoms with E-state index >= 15 is 0 Å².